The number of ether oxygens (including phenoxy) is 1. The maximum Gasteiger partial charge on any atom is 0.271 e. The SMILES string of the molecule is CC(=O)C1CC(C(=O)Nc2ccccc2CN2CC(C)OC(C)C2)=NN1c1ccccc1. The van der Waals surface area contributed by atoms with Crippen molar-refractivity contribution in [2.75, 3.05) is 23.4 Å². The number of amides is 1. The number of carbonyl (C=O) groups excluding carboxylic acids is 2. The Morgan fingerprint density at radius 1 is 1.03 bits per heavy atom. The van der Waals surface area contributed by atoms with Crippen molar-refractivity contribution in [2.45, 2.75) is 52.0 Å². The number of hydrogen-bond donors (Lipinski definition) is 1. The fourth-order valence-electron chi connectivity index (χ4n) is 4.41. The third-order valence-corrected chi connectivity index (χ3v) is 5.82. The molecule has 168 valence electrons. The summed E-state index contributed by atoms with van der Waals surface area (Å²) in [5.41, 5.74) is 2.97. The lowest BCUT2D eigenvalue weighted by molar-refractivity contribution is -0.118. The highest BCUT2D eigenvalue weighted by atomic mass is 16.5. The third-order valence-electron chi connectivity index (χ3n) is 5.82. The van der Waals surface area contributed by atoms with Gasteiger partial charge in [-0.3, -0.25) is 19.5 Å². The Balaban J connectivity index is 1.50. The molecule has 7 nitrogen and oxygen atoms in total. The molecule has 0 bridgehead atoms. The first kappa shape index (κ1) is 22.2. The van der Waals surface area contributed by atoms with E-state index in [1.165, 1.54) is 6.92 Å². The second kappa shape index (κ2) is 9.63. The van der Waals surface area contributed by atoms with E-state index in [-0.39, 0.29) is 30.3 Å². The van der Waals surface area contributed by atoms with Gasteiger partial charge in [0.15, 0.2) is 5.78 Å². The summed E-state index contributed by atoms with van der Waals surface area (Å²) in [5.74, 6) is -0.290. The van der Waals surface area contributed by atoms with Crippen molar-refractivity contribution >= 4 is 28.8 Å². The summed E-state index contributed by atoms with van der Waals surface area (Å²) in [4.78, 5) is 27.7. The van der Waals surface area contributed by atoms with Crippen molar-refractivity contribution in [3.8, 4) is 0 Å². The van der Waals surface area contributed by atoms with Crippen LogP contribution in [0.5, 0.6) is 0 Å². The van der Waals surface area contributed by atoms with Gasteiger partial charge in [0.05, 0.1) is 17.9 Å². The molecular formula is C25H30N4O3. The van der Waals surface area contributed by atoms with Crippen LogP contribution in [0.1, 0.15) is 32.8 Å². The zero-order valence-electron chi connectivity index (χ0n) is 18.8. The number of para-hydroxylation sites is 2. The lowest BCUT2D eigenvalue weighted by Gasteiger charge is -2.35. The number of hydrogen-bond acceptors (Lipinski definition) is 6. The summed E-state index contributed by atoms with van der Waals surface area (Å²) < 4.78 is 5.83. The van der Waals surface area contributed by atoms with Gasteiger partial charge in [-0.1, -0.05) is 36.4 Å². The molecule has 0 spiro atoms. The number of nitrogens with one attached hydrogen (secondary N) is 1. The number of carbonyl (C=O) groups is 2. The molecule has 0 aromatic heterocycles. The van der Waals surface area contributed by atoms with Crippen LogP contribution in [-0.4, -0.2) is 53.6 Å². The van der Waals surface area contributed by atoms with Gasteiger partial charge in [0.2, 0.25) is 0 Å². The molecule has 2 aromatic rings. The zero-order chi connectivity index (χ0) is 22.7. The Kier molecular flexibility index (Phi) is 6.67. The van der Waals surface area contributed by atoms with Crippen LogP contribution in [0.2, 0.25) is 0 Å². The molecule has 0 aliphatic carbocycles. The first-order chi connectivity index (χ1) is 15.4. The third kappa shape index (κ3) is 5.06. The summed E-state index contributed by atoms with van der Waals surface area (Å²) in [5, 5.41) is 9.20. The Morgan fingerprint density at radius 2 is 1.69 bits per heavy atom. The summed E-state index contributed by atoms with van der Waals surface area (Å²) in [6.45, 7) is 8.14. The van der Waals surface area contributed by atoms with Crippen molar-refractivity contribution in [3.63, 3.8) is 0 Å². The highest BCUT2D eigenvalue weighted by Gasteiger charge is 2.34. The lowest BCUT2D eigenvalue weighted by Crippen LogP contribution is -2.44. The second-order valence-corrected chi connectivity index (χ2v) is 8.62. The molecule has 3 unspecified atom stereocenters. The van der Waals surface area contributed by atoms with E-state index in [4.69, 9.17) is 4.74 Å². The molecule has 1 N–H and O–H groups in total. The van der Waals surface area contributed by atoms with Gasteiger partial charge in [0, 0.05) is 31.7 Å². The first-order valence-corrected chi connectivity index (χ1v) is 11.1. The van der Waals surface area contributed by atoms with Crippen LogP contribution < -0.4 is 10.3 Å². The Morgan fingerprint density at radius 3 is 2.38 bits per heavy atom. The van der Waals surface area contributed by atoms with Gasteiger partial charge < -0.3 is 10.1 Å². The van der Waals surface area contributed by atoms with E-state index in [1.807, 2.05) is 54.6 Å². The van der Waals surface area contributed by atoms with Crippen LogP contribution in [0.3, 0.4) is 0 Å². The average molecular weight is 435 g/mol. The molecule has 3 atom stereocenters. The van der Waals surface area contributed by atoms with Crippen LogP contribution in [0, 0.1) is 0 Å². The van der Waals surface area contributed by atoms with Crippen LogP contribution in [0.4, 0.5) is 11.4 Å². The van der Waals surface area contributed by atoms with E-state index in [0.29, 0.717) is 5.71 Å². The molecule has 32 heavy (non-hydrogen) atoms. The van der Waals surface area contributed by atoms with Gasteiger partial charge in [-0.05, 0) is 44.5 Å². The van der Waals surface area contributed by atoms with E-state index in [1.54, 1.807) is 5.01 Å². The number of benzene rings is 2. The summed E-state index contributed by atoms with van der Waals surface area (Å²) in [6, 6.07) is 16.8. The van der Waals surface area contributed by atoms with Crippen LogP contribution in [0.25, 0.3) is 0 Å². The fraction of sp³-hybridized carbons (Fsp3) is 0.400. The number of Topliss-reactive ketones (excluding diaryl/α,β-unsaturated/α-hetero) is 1. The number of anilines is 2. The standard InChI is InChI=1S/C25H30N4O3/c1-17-14-28(15-18(2)32-17)16-20-9-7-8-12-22(20)26-25(31)23-13-24(19(3)30)29(27-23)21-10-5-4-6-11-21/h4-12,17-18,24H,13-16H2,1-3H3,(H,26,31). The Hall–Kier alpha value is -3.03. The minimum absolute atomic E-state index is 0.0173. The highest BCUT2D eigenvalue weighted by molar-refractivity contribution is 6.44. The molecule has 1 amide bonds. The van der Waals surface area contributed by atoms with Gasteiger partial charge in [0.1, 0.15) is 11.8 Å². The van der Waals surface area contributed by atoms with Crippen LogP contribution >= 0.6 is 0 Å². The Labute approximate surface area is 189 Å². The molecule has 2 heterocycles. The summed E-state index contributed by atoms with van der Waals surface area (Å²) in [7, 11) is 0. The number of ketones is 1. The van der Waals surface area contributed by atoms with E-state index < -0.39 is 6.04 Å². The molecule has 2 aliphatic rings. The monoisotopic (exact) mass is 434 g/mol. The fourth-order valence-corrected chi connectivity index (χ4v) is 4.41. The zero-order valence-corrected chi connectivity index (χ0v) is 18.8. The van der Waals surface area contributed by atoms with Gasteiger partial charge in [-0.25, -0.2) is 0 Å². The lowest BCUT2D eigenvalue weighted by atomic mass is 10.1. The molecule has 2 aliphatic heterocycles. The normalized spacial score (nSPS) is 23.7. The maximum absolute atomic E-state index is 13.1. The molecule has 0 saturated carbocycles. The van der Waals surface area contributed by atoms with Crippen molar-refractivity contribution in [1.29, 1.82) is 0 Å². The molecule has 0 radical (unpaired) electrons. The minimum atomic E-state index is -0.468. The predicted octanol–water partition coefficient (Wildman–Crippen LogP) is 3.46. The Bertz CT molecular complexity index is 997. The molecule has 1 saturated heterocycles. The summed E-state index contributed by atoms with van der Waals surface area (Å²) in [6.07, 6.45) is 0.651. The molecular weight excluding hydrogens is 404 g/mol. The first-order valence-electron chi connectivity index (χ1n) is 11.1. The molecule has 2 aromatic carbocycles. The highest BCUT2D eigenvalue weighted by Crippen LogP contribution is 2.26. The van der Waals surface area contributed by atoms with E-state index >= 15 is 0 Å². The van der Waals surface area contributed by atoms with Crippen molar-refractivity contribution in [2.24, 2.45) is 5.10 Å². The topological polar surface area (TPSA) is 74.2 Å². The van der Waals surface area contributed by atoms with Crippen LogP contribution in [0.15, 0.2) is 59.7 Å². The van der Waals surface area contributed by atoms with Gasteiger partial charge >= 0.3 is 0 Å². The van der Waals surface area contributed by atoms with Crippen molar-refractivity contribution in [3.05, 3.63) is 60.2 Å². The number of nitrogens with zero attached hydrogens (tertiary/aromatic N) is 3. The van der Waals surface area contributed by atoms with Crippen LogP contribution in [-0.2, 0) is 20.9 Å². The van der Waals surface area contributed by atoms with E-state index in [9.17, 15) is 9.59 Å². The number of rotatable bonds is 6. The van der Waals surface area contributed by atoms with E-state index in [0.717, 1.165) is 36.6 Å². The quantitative estimate of drug-likeness (QED) is 0.754. The van der Waals surface area contributed by atoms with Gasteiger partial charge in [-0.2, -0.15) is 5.10 Å². The van der Waals surface area contributed by atoms with Crippen molar-refractivity contribution in [1.82, 2.24) is 4.90 Å². The number of hydrazone groups is 1. The minimum Gasteiger partial charge on any atom is -0.373 e. The average Bonchev–Trinajstić information content (AvgIpc) is 3.21. The second-order valence-electron chi connectivity index (χ2n) is 8.62. The molecule has 1 fully saturated rings. The van der Waals surface area contributed by atoms with Gasteiger partial charge in [-0.15, -0.1) is 0 Å². The summed E-state index contributed by atoms with van der Waals surface area (Å²) >= 11 is 0. The molecule has 7 heteroatoms. The van der Waals surface area contributed by atoms with Gasteiger partial charge in [0.25, 0.3) is 5.91 Å². The number of morpholine rings is 1. The largest absolute Gasteiger partial charge is 0.373 e. The van der Waals surface area contributed by atoms with E-state index in [2.05, 4.69) is 29.2 Å². The molecule has 4 rings (SSSR count). The van der Waals surface area contributed by atoms with Crippen molar-refractivity contribution < 1.29 is 14.3 Å². The smallest absolute Gasteiger partial charge is 0.271 e. The predicted molar refractivity (Wildman–Crippen MR) is 126 cm³/mol. The maximum atomic E-state index is 13.1.